The maximum atomic E-state index is 13.8. The van der Waals surface area contributed by atoms with E-state index in [9.17, 15) is 13.2 Å². The van der Waals surface area contributed by atoms with Gasteiger partial charge in [0, 0.05) is 17.3 Å². The summed E-state index contributed by atoms with van der Waals surface area (Å²) >= 11 is 0. The van der Waals surface area contributed by atoms with Crippen LogP contribution >= 0.6 is 0 Å². The minimum atomic E-state index is -4.20. The van der Waals surface area contributed by atoms with Crippen molar-refractivity contribution in [3.63, 3.8) is 0 Å². The number of nitrogens with zero attached hydrogens (tertiary/aromatic N) is 2. The molecule has 9 heteroatoms. The van der Waals surface area contributed by atoms with E-state index in [0.29, 0.717) is 29.4 Å². The van der Waals surface area contributed by atoms with Crippen molar-refractivity contribution in [2.45, 2.75) is 18.4 Å². The van der Waals surface area contributed by atoms with E-state index in [1.165, 1.54) is 24.5 Å². The number of nitrogens with one attached hydrogen (secondary N) is 1. The Bertz CT molecular complexity index is 1710. The normalized spacial score (nSPS) is 11.8. The van der Waals surface area contributed by atoms with Gasteiger partial charge in [-0.25, -0.2) is 13.1 Å². The third-order valence-electron chi connectivity index (χ3n) is 6.06. The lowest BCUT2D eigenvalue weighted by atomic mass is 10.1. The average Bonchev–Trinajstić information content (AvgIpc) is 3.67. The Morgan fingerprint density at radius 2 is 1.65 bits per heavy atom. The number of ether oxygens (including phenoxy) is 1. The van der Waals surface area contributed by atoms with E-state index in [4.69, 9.17) is 14.3 Å². The van der Waals surface area contributed by atoms with Crippen molar-refractivity contribution < 1.29 is 22.4 Å². The Morgan fingerprint density at radius 3 is 2.30 bits per heavy atom. The number of para-hydroxylation sites is 1. The molecular weight excluding hydrogens is 526 g/mol. The Labute approximate surface area is 232 Å². The van der Waals surface area contributed by atoms with Crippen LogP contribution in [0.5, 0.6) is 5.75 Å². The lowest BCUT2D eigenvalue weighted by molar-refractivity contribution is -0.117. The highest BCUT2D eigenvalue weighted by Gasteiger charge is 2.28. The van der Waals surface area contributed by atoms with E-state index in [1.54, 1.807) is 41.2 Å². The second kappa shape index (κ2) is 11.9. The van der Waals surface area contributed by atoms with E-state index in [1.807, 2.05) is 61.5 Å². The van der Waals surface area contributed by atoms with Gasteiger partial charge in [-0.05, 0) is 73.7 Å². The number of rotatable bonds is 10. The molecule has 8 nitrogen and oxygen atoms in total. The molecule has 1 N–H and O–H groups in total. The van der Waals surface area contributed by atoms with E-state index >= 15 is 0 Å². The number of hydrogen-bond acceptors (Lipinski definition) is 6. The van der Waals surface area contributed by atoms with Gasteiger partial charge in [-0.3, -0.25) is 4.79 Å². The van der Waals surface area contributed by atoms with Crippen molar-refractivity contribution >= 4 is 21.8 Å². The molecule has 0 aliphatic heterocycles. The summed E-state index contributed by atoms with van der Waals surface area (Å²) in [6, 6.07) is 28.1. The van der Waals surface area contributed by atoms with Crippen LogP contribution in [-0.4, -0.2) is 30.7 Å². The predicted octanol–water partition coefficient (Wildman–Crippen LogP) is 5.66. The molecule has 5 aromatic rings. The molecule has 0 fully saturated rings. The van der Waals surface area contributed by atoms with Gasteiger partial charge < -0.3 is 14.5 Å². The SMILES string of the molecule is CCOc1ccc(-c2nn(-c3ccccc3)cc2/C=C(\C(=O)NCc2ccco2)S(=O)(=O)c2ccccc2)cc1. The molecule has 3 aromatic carbocycles. The van der Waals surface area contributed by atoms with Gasteiger partial charge >= 0.3 is 0 Å². The van der Waals surface area contributed by atoms with Gasteiger partial charge in [-0.1, -0.05) is 36.4 Å². The van der Waals surface area contributed by atoms with Gasteiger partial charge in [0.2, 0.25) is 9.84 Å². The lowest BCUT2D eigenvalue weighted by Crippen LogP contribution is -2.28. The largest absolute Gasteiger partial charge is 0.494 e. The average molecular weight is 554 g/mol. The summed E-state index contributed by atoms with van der Waals surface area (Å²) < 4.78 is 40.1. The second-order valence-electron chi connectivity index (χ2n) is 8.76. The van der Waals surface area contributed by atoms with Crippen LogP contribution in [0.4, 0.5) is 0 Å². The molecule has 0 spiro atoms. The summed E-state index contributed by atoms with van der Waals surface area (Å²) in [5, 5.41) is 7.45. The van der Waals surface area contributed by atoms with Gasteiger partial charge in [-0.2, -0.15) is 5.10 Å². The monoisotopic (exact) mass is 553 g/mol. The van der Waals surface area contributed by atoms with Crippen molar-refractivity contribution in [3.05, 3.63) is 126 Å². The highest BCUT2D eigenvalue weighted by atomic mass is 32.2. The Morgan fingerprint density at radius 1 is 0.950 bits per heavy atom. The van der Waals surface area contributed by atoms with Gasteiger partial charge in [0.15, 0.2) is 0 Å². The first kappa shape index (κ1) is 26.7. The molecule has 2 aromatic heterocycles. The standard InChI is InChI=1S/C31H27N3O5S/c1-2-38-26-17-15-23(16-18-26)30-24(22-34(33-30)25-10-5-3-6-11-25)20-29(31(35)32-21-27-12-9-19-39-27)40(36,37)28-13-7-4-8-14-28/h3-20,22H,2,21H2,1H3,(H,32,35)/b29-20+. The first-order valence-corrected chi connectivity index (χ1v) is 14.1. The van der Waals surface area contributed by atoms with Crippen LogP contribution in [0.15, 0.2) is 124 Å². The molecule has 40 heavy (non-hydrogen) atoms. The van der Waals surface area contributed by atoms with E-state index in [-0.39, 0.29) is 11.4 Å². The molecule has 0 atom stereocenters. The lowest BCUT2D eigenvalue weighted by Gasteiger charge is -2.10. The van der Waals surface area contributed by atoms with Crippen LogP contribution in [0.2, 0.25) is 0 Å². The molecule has 2 heterocycles. The highest BCUT2D eigenvalue weighted by molar-refractivity contribution is 7.96. The Kier molecular flexibility index (Phi) is 7.93. The minimum Gasteiger partial charge on any atom is -0.494 e. The fourth-order valence-electron chi connectivity index (χ4n) is 4.11. The summed E-state index contributed by atoms with van der Waals surface area (Å²) in [4.78, 5) is 13.1. The molecule has 0 unspecified atom stereocenters. The number of amides is 1. The first-order valence-electron chi connectivity index (χ1n) is 12.7. The molecule has 0 radical (unpaired) electrons. The van der Waals surface area contributed by atoms with Crippen LogP contribution in [-0.2, 0) is 21.2 Å². The highest BCUT2D eigenvalue weighted by Crippen LogP contribution is 2.30. The molecule has 0 aliphatic rings. The molecular formula is C31H27N3O5S. The maximum absolute atomic E-state index is 13.8. The van der Waals surface area contributed by atoms with Crippen LogP contribution in [0.3, 0.4) is 0 Å². The number of furan rings is 1. The van der Waals surface area contributed by atoms with Crippen LogP contribution in [0.25, 0.3) is 23.0 Å². The van der Waals surface area contributed by atoms with Crippen LogP contribution in [0, 0.1) is 0 Å². The third-order valence-corrected chi connectivity index (χ3v) is 7.83. The Balaban J connectivity index is 1.64. The predicted molar refractivity (Wildman–Crippen MR) is 152 cm³/mol. The van der Waals surface area contributed by atoms with Crippen LogP contribution in [0.1, 0.15) is 18.2 Å². The summed E-state index contributed by atoms with van der Waals surface area (Å²) in [5.74, 6) is 0.442. The smallest absolute Gasteiger partial charge is 0.263 e. The number of carbonyl (C=O) groups is 1. The van der Waals surface area contributed by atoms with E-state index in [0.717, 1.165) is 11.3 Å². The molecule has 0 saturated heterocycles. The van der Waals surface area contributed by atoms with Crippen molar-refractivity contribution in [1.29, 1.82) is 0 Å². The zero-order chi connectivity index (χ0) is 28.0. The number of benzene rings is 3. The first-order chi connectivity index (χ1) is 19.5. The summed E-state index contributed by atoms with van der Waals surface area (Å²) in [6.45, 7) is 2.47. The number of aromatic nitrogens is 2. The molecule has 1 amide bonds. The summed E-state index contributed by atoms with van der Waals surface area (Å²) in [6.07, 6.45) is 4.57. The third kappa shape index (κ3) is 5.89. The fraction of sp³-hybridized carbons (Fsp3) is 0.0968. The topological polar surface area (TPSA) is 103 Å². The molecule has 202 valence electrons. The van der Waals surface area contributed by atoms with Crippen LogP contribution < -0.4 is 10.1 Å². The molecule has 5 rings (SSSR count). The summed E-state index contributed by atoms with van der Waals surface area (Å²) in [7, 11) is -4.20. The molecule has 0 bridgehead atoms. The zero-order valence-electron chi connectivity index (χ0n) is 21.7. The van der Waals surface area contributed by atoms with Gasteiger partial charge in [-0.15, -0.1) is 0 Å². The minimum absolute atomic E-state index is 0.00691. The second-order valence-corrected chi connectivity index (χ2v) is 10.7. The van der Waals surface area contributed by atoms with E-state index < -0.39 is 20.6 Å². The van der Waals surface area contributed by atoms with E-state index in [2.05, 4.69) is 5.32 Å². The van der Waals surface area contributed by atoms with Gasteiger partial charge in [0.25, 0.3) is 5.91 Å². The zero-order valence-corrected chi connectivity index (χ0v) is 22.5. The van der Waals surface area contributed by atoms with Crippen molar-refractivity contribution in [2.24, 2.45) is 0 Å². The van der Waals surface area contributed by atoms with Crippen molar-refractivity contribution in [2.75, 3.05) is 6.61 Å². The van der Waals surface area contributed by atoms with Crippen molar-refractivity contribution in [3.8, 4) is 22.7 Å². The quantitative estimate of drug-likeness (QED) is 0.224. The maximum Gasteiger partial charge on any atom is 0.263 e. The number of sulfone groups is 1. The van der Waals surface area contributed by atoms with Crippen molar-refractivity contribution in [1.82, 2.24) is 15.1 Å². The van der Waals surface area contributed by atoms with Gasteiger partial charge in [0.05, 0.1) is 35.7 Å². The molecule has 0 aliphatic carbocycles. The van der Waals surface area contributed by atoms with Gasteiger partial charge in [0.1, 0.15) is 16.4 Å². The fourth-order valence-corrected chi connectivity index (χ4v) is 5.47. The number of hydrogen-bond donors (Lipinski definition) is 1. The summed E-state index contributed by atoms with van der Waals surface area (Å²) in [5.41, 5.74) is 2.48. The Hall–Kier alpha value is -4.89. The molecule has 0 saturated carbocycles. The number of carbonyl (C=O) groups excluding carboxylic acids is 1.